The first-order valence-corrected chi connectivity index (χ1v) is 11.4. The second-order valence-corrected chi connectivity index (χ2v) is 8.35. The van der Waals surface area contributed by atoms with Crippen molar-refractivity contribution < 1.29 is 39.9 Å². The SMILES string of the molecule is C=CCn1cc(CN(CCO)Cc2ccccn2)c2ccccc21.O=C(O)CC(O)(CC(=O)O)C(=O)O. The van der Waals surface area contributed by atoms with Crippen molar-refractivity contribution >= 4 is 28.8 Å². The van der Waals surface area contributed by atoms with E-state index in [1.54, 1.807) is 0 Å². The Labute approximate surface area is 213 Å². The van der Waals surface area contributed by atoms with Crippen molar-refractivity contribution in [2.75, 3.05) is 13.2 Å². The number of rotatable bonds is 13. The number of nitrogens with zero attached hydrogens (tertiary/aromatic N) is 3. The fourth-order valence-electron chi connectivity index (χ4n) is 3.77. The van der Waals surface area contributed by atoms with E-state index >= 15 is 0 Å². The molecule has 0 aliphatic carbocycles. The first kappa shape index (κ1) is 29.2. The van der Waals surface area contributed by atoms with Crippen LogP contribution >= 0.6 is 0 Å². The molecule has 11 nitrogen and oxygen atoms in total. The number of fused-ring (bicyclic) bond motifs is 1. The summed E-state index contributed by atoms with van der Waals surface area (Å²) in [7, 11) is 0. The van der Waals surface area contributed by atoms with Crippen molar-refractivity contribution in [2.24, 2.45) is 0 Å². The molecule has 198 valence electrons. The monoisotopic (exact) mass is 513 g/mol. The Kier molecular flexibility index (Phi) is 10.9. The summed E-state index contributed by atoms with van der Waals surface area (Å²) in [5.41, 5.74) is 0.754. The molecule has 0 radical (unpaired) electrons. The minimum atomic E-state index is -2.74. The van der Waals surface area contributed by atoms with E-state index < -0.39 is 36.4 Å². The van der Waals surface area contributed by atoms with Crippen LogP contribution in [0.2, 0.25) is 0 Å². The normalized spacial score (nSPS) is 11.1. The van der Waals surface area contributed by atoms with Crippen LogP contribution in [0.4, 0.5) is 0 Å². The molecule has 2 aromatic heterocycles. The predicted molar refractivity (Wildman–Crippen MR) is 135 cm³/mol. The molecular formula is C26H31N3O8. The molecule has 37 heavy (non-hydrogen) atoms. The number of aromatic nitrogens is 2. The zero-order valence-electron chi connectivity index (χ0n) is 20.2. The molecule has 0 aliphatic rings. The third kappa shape index (κ3) is 8.83. The Morgan fingerprint density at radius 3 is 2.19 bits per heavy atom. The largest absolute Gasteiger partial charge is 0.481 e. The lowest BCUT2D eigenvalue weighted by molar-refractivity contribution is -0.170. The van der Waals surface area contributed by atoms with E-state index in [-0.39, 0.29) is 6.61 Å². The lowest BCUT2D eigenvalue weighted by Gasteiger charge is -2.20. The molecule has 0 fully saturated rings. The highest BCUT2D eigenvalue weighted by atomic mass is 16.4. The number of pyridine rings is 1. The summed E-state index contributed by atoms with van der Waals surface area (Å²) in [6.07, 6.45) is 3.62. The number of benzene rings is 1. The minimum Gasteiger partial charge on any atom is -0.481 e. The number of carboxylic acids is 3. The van der Waals surface area contributed by atoms with Crippen LogP contribution in [0.1, 0.15) is 24.1 Å². The zero-order valence-corrected chi connectivity index (χ0v) is 20.2. The van der Waals surface area contributed by atoms with Crippen molar-refractivity contribution in [3.05, 3.63) is 78.8 Å². The molecule has 0 atom stereocenters. The number of hydrogen-bond acceptors (Lipinski definition) is 7. The van der Waals surface area contributed by atoms with Gasteiger partial charge in [0.1, 0.15) is 0 Å². The van der Waals surface area contributed by atoms with Crippen LogP contribution in [0.25, 0.3) is 10.9 Å². The van der Waals surface area contributed by atoms with Gasteiger partial charge in [-0.25, -0.2) is 4.79 Å². The molecule has 0 saturated heterocycles. The van der Waals surface area contributed by atoms with Crippen molar-refractivity contribution in [3.8, 4) is 0 Å². The van der Waals surface area contributed by atoms with Gasteiger partial charge >= 0.3 is 17.9 Å². The molecule has 3 aromatic rings. The number of para-hydroxylation sites is 1. The van der Waals surface area contributed by atoms with Gasteiger partial charge in [0.25, 0.3) is 0 Å². The van der Waals surface area contributed by atoms with E-state index in [1.165, 1.54) is 16.5 Å². The fourth-order valence-corrected chi connectivity index (χ4v) is 3.77. The van der Waals surface area contributed by atoms with Crippen molar-refractivity contribution in [3.63, 3.8) is 0 Å². The molecule has 2 heterocycles. The van der Waals surface area contributed by atoms with E-state index in [9.17, 15) is 19.5 Å². The molecule has 0 bridgehead atoms. The molecule has 0 spiro atoms. The Balaban J connectivity index is 0.000000317. The maximum Gasteiger partial charge on any atom is 0.336 e. The predicted octanol–water partition coefficient (Wildman–Crippen LogP) is 1.97. The number of aliphatic carboxylic acids is 3. The first-order chi connectivity index (χ1) is 17.6. The van der Waals surface area contributed by atoms with Gasteiger partial charge in [-0.05, 0) is 23.8 Å². The fraction of sp³-hybridized carbons (Fsp3) is 0.308. The number of hydrogen-bond donors (Lipinski definition) is 5. The molecule has 11 heteroatoms. The molecular weight excluding hydrogens is 482 g/mol. The number of carbonyl (C=O) groups is 3. The van der Waals surface area contributed by atoms with E-state index in [4.69, 9.17) is 20.4 Å². The van der Waals surface area contributed by atoms with Gasteiger partial charge in [-0.2, -0.15) is 0 Å². The Hall–Kier alpha value is -4.06. The lowest BCUT2D eigenvalue weighted by atomic mass is 9.96. The summed E-state index contributed by atoms with van der Waals surface area (Å²) < 4.78 is 2.22. The summed E-state index contributed by atoms with van der Waals surface area (Å²) in [6, 6.07) is 14.4. The average molecular weight is 514 g/mol. The standard InChI is InChI=1S/C20H23N3O.C6H8O7/c1-2-11-23-15-17(19-8-3-4-9-20(19)23)14-22(12-13-24)16-18-7-5-6-10-21-18;7-3(8)1-6(13,5(11)12)2-4(9)10/h2-10,15,24H,1,11-14,16H2;13H,1-2H2,(H,7,8)(H,9,10)(H,11,12). The maximum atomic E-state index is 10.3. The third-order valence-corrected chi connectivity index (χ3v) is 5.40. The molecule has 5 N–H and O–H groups in total. The minimum absolute atomic E-state index is 0.137. The van der Waals surface area contributed by atoms with Gasteiger partial charge in [0, 0.05) is 49.5 Å². The summed E-state index contributed by atoms with van der Waals surface area (Å²) >= 11 is 0. The summed E-state index contributed by atoms with van der Waals surface area (Å²) in [5, 5.41) is 44.5. The van der Waals surface area contributed by atoms with Gasteiger partial charge in [-0.1, -0.05) is 30.3 Å². The molecule has 0 aliphatic heterocycles. The van der Waals surface area contributed by atoms with E-state index in [0.717, 1.165) is 25.3 Å². The Morgan fingerprint density at radius 1 is 1.00 bits per heavy atom. The van der Waals surface area contributed by atoms with Crippen LogP contribution in [0.3, 0.4) is 0 Å². The average Bonchev–Trinajstić information content (AvgIpc) is 3.17. The molecule has 0 saturated carbocycles. The van der Waals surface area contributed by atoms with Crippen LogP contribution in [0.15, 0.2) is 67.5 Å². The molecule has 1 aromatic carbocycles. The van der Waals surface area contributed by atoms with Crippen molar-refractivity contribution in [1.82, 2.24) is 14.5 Å². The molecule has 0 amide bonds. The maximum absolute atomic E-state index is 10.3. The van der Waals surface area contributed by atoms with Crippen LogP contribution in [0, 0.1) is 0 Å². The second kappa shape index (κ2) is 13.9. The van der Waals surface area contributed by atoms with Gasteiger partial charge in [-0.15, -0.1) is 6.58 Å². The molecule has 0 unspecified atom stereocenters. The Bertz CT molecular complexity index is 1190. The highest BCUT2D eigenvalue weighted by Crippen LogP contribution is 2.23. The second-order valence-electron chi connectivity index (χ2n) is 8.35. The number of allylic oxidation sites excluding steroid dienone is 1. The Morgan fingerprint density at radius 2 is 1.65 bits per heavy atom. The number of aliphatic hydroxyl groups excluding tert-OH is 1. The van der Waals surface area contributed by atoms with E-state index in [0.29, 0.717) is 6.54 Å². The van der Waals surface area contributed by atoms with Gasteiger partial charge in [0.15, 0.2) is 5.60 Å². The number of aliphatic hydroxyl groups is 2. The van der Waals surface area contributed by atoms with Gasteiger partial charge < -0.3 is 30.1 Å². The van der Waals surface area contributed by atoms with Crippen molar-refractivity contribution in [1.29, 1.82) is 0 Å². The zero-order chi connectivity index (χ0) is 27.4. The van der Waals surface area contributed by atoms with Crippen LogP contribution in [-0.4, -0.2) is 76.6 Å². The van der Waals surface area contributed by atoms with E-state index in [1.807, 2.05) is 30.5 Å². The highest BCUT2D eigenvalue weighted by molar-refractivity contribution is 5.88. The van der Waals surface area contributed by atoms with Crippen LogP contribution in [-0.2, 0) is 34.0 Å². The molecule has 3 rings (SSSR count). The summed E-state index contributed by atoms with van der Waals surface area (Å²) in [6.45, 7) is 6.90. The summed E-state index contributed by atoms with van der Waals surface area (Å²) in [5.74, 6) is -5.02. The highest BCUT2D eigenvalue weighted by Gasteiger charge is 2.40. The van der Waals surface area contributed by atoms with Crippen molar-refractivity contribution in [2.45, 2.75) is 38.1 Å². The van der Waals surface area contributed by atoms with Gasteiger partial charge in [-0.3, -0.25) is 19.5 Å². The topological polar surface area (TPSA) is 173 Å². The van der Waals surface area contributed by atoms with Crippen LogP contribution in [0.5, 0.6) is 0 Å². The first-order valence-electron chi connectivity index (χ1n) is 11.4. The smallest absolute Gasteiger partial charge is 0.336 e. The third-order valence-electron chi connectivity index (χ3n) is 5.40. The van der Waals surface area contributed by atoms with Gasteiger partial charge in [0.2, 0.25) is 0 Å². The lowest BCUT2D eigenvalue weighted by Crippen LogP contribution is -2.42. The van der Waals surface area contributed by atoms with E-state index in [2.05, 4.69) is 51.5 Å². The number of carboxylic acid groups (broad SMARTS) is 3. The summed E-state index contributed by atoms with van der Waals surface area (Å²) in [4.78, 5) is 37.1. The van der Waals surface area contributed by atoms with Crippen LogP contribution < -0.4 is 0 Å². The quantitative estimate of drug-likeness (QED) is 0.213. The van der Waals surface area contributed by atoms with Gasteiger partial charge in [0.05, 0.1) is 25.1 Å².